The first-order valence-corrected chi connectivity index (χ1v) is 18.6. The van der Waals surface area contributed by atoms with E-state index in [0.717, 1.165) is 10.9 Å². The molecule has 0 radical (unpaired) electrons. The summed E-state index contributed by atoms with van der Waals surface area (Å²) in [5, 5.41) is 4.16. The number of furan rings is 1. The number of rotatable bonds is 9. The van der Waals surface area contributed by atoms with Gasteiger partial charge in [-0.25, -0.2) is 0 Å². The van der Waals surface area contributed by atoms with Gasteiger partial charge in [-0.1, -0.05) is 6.07 Å². The summed E-state index contributed by atoms with van der Waals surface area (Å²) >= 11 is -1.86. The molecule has 1 aliphatic heterocycles. The van der Waals surface area contributed by atoms with Crippen LogP contribution in [-0.2, 0) is 29.0 Å². The molecule has 0 spiro atoms. The first-order valence-electron chi connectivity index (χ1n) is 13.3. The Hall–Kier alpha value is -3.62. The Kier molecular flexibility index (Phi) is 8.52. The van der Waals surface area contributed by atoms with Crippen LogP contribution in [0.1, 0.15) is 25.8 Å². The maximum atomic E-state index is 13.4. The van der Waals surface area contributed by atoms with Gasteiger partial charge in [-0.05, 0) is 0 Å². The second kappa shape index (κ2) is 12.1. The van der Waals surface area contributed by atoms with E-state index in [1.54, 1.807) is 12.1 Å². The van der Waals surface area contributed by atoms with Crippen molar-refractivity contribution in [3.8, 4) is 0 Å². The SMILES string of the molecule is CC(C)C[C@H](NC(=O)OCc1ccccc1)C(=O)N1CC(=O)C([AsH]S(=O)(=O)c2ccc3oc4ccccc4c3c2)C1. The Labute approximate surface area is 243 Å². The Bertz CT molecular complexity index is 1700. The molecule has 41 heavy (non-hydrogen) atoms. The Morgan fingerprint density at radius 2 is 1.73 bits per heavy atom. The molecule has 9 nitrogen and oxygen atoms in total. The number of Topliss-reactive ketones (excluding diaryl/α,β-unsaturated/α-hetero) is 1. The fraction of sp³-hybridized carbons (Fsp3) is 0.300. The van der Waals surface area contributed by atoms with Gasteiger partial charge in [0.2, 0.25) is 0 Å². The van der Waals surface area contributed by atoms with Gasteiger partial charge in [0.1, 0.15) is 0 Å². The number of hydrogen-bond donors (Lipinski definition) is 1. The van der Waals surface area contributed by atoms with Gasteiger partial charge in [-0.15, -0.1) is 0 Å². The second-order valence-corrected chi connectivity index (χ2v) is 18.5. The van der Waals surface area contributed by atoms with Gasteiger partial charge in [0.25, 0.3) is 0 Å². The number of carbonyl (C=O) groups excluding carboxylic acids is 3. The van der Waals surface area contributed by atoms with Crippen molar-refractivity contribution in [1.82, 2.24) is 10.2 Å². The fourth-order valence-electron chi connectivity index (χ4n) is 4.90. The number of fused-ring (bicyclic) bond motifs is 3. The molecule has 2 unspecified atom stereocenters. The number of nitrogens with zero attached hydrogens (tertiary/aromatic N) is 1. The number of benzene rings is 3. The van der Waals surface area contributed by atoms with Gasteiger partial charge in [0.05, 0.1) is 0 Å². The first-order chi connectivity index (χ1) is 19.6. The molecule has 2 amide bonds. The molecule has 1 aliphatic rings. The maximum absolute atomic E-state index is 13.4. The zero-order valence-corrected chi connectivity index (χ0v) is 25.6. The summed E-state index contributed by atoms with van der Waals surface area (Å²) in [6.45, 7) is 3.75. The van der Waals surface area contributed by atoms with E-state index >= 15 is 0 Å². The van der Waals surface area contributed by atoms with Gasteiger partial charge in [-0.2, -0.15) is 0 Å². The number of nitrogens with one attached hydrogen (secondary N) is 1. The minimum atomic E-state index is -3.72. The molecule has 11 heteroatoms. The monoisotopic (exact) mass is 638 g/mol. The Morgan fingerprint density at radius 3 is 2.49 bits per heavy atom. The molecule has 3 aromatic carbocycles. The Balaban J connectivity index is 1.26. The third kappa shape index (κ3) is 6.65. The third-order valence-corrected chi connectivity index (χ3v) is 14.7. The average molecular weight is 639 g/mol. The fourth-order valence-corrected chi connectivity index (χ4v) is 12.1. The summed E-state index contributed by atoms with van der Waals surface area (Å²) in [5.74, 6) is -0.608. The van der Waals surface area contributed by atoms with Gasteiger partial charge in [0.15, 0.2) is 0 Å². The predicted molar refractivity (Wildman–Crippen MR) is 156 cm³/mol. The van der Waals surface area contributed by atoms with Crippen molar-refractivity contribution in [1.29, 1.82) is 0 Å². The van der Waals surface area contributed by atoms with Crippen molar-refractivity contribution < 1.29 is 32.0 Å². The average Bonchev–Trinajstić information content (AvgIpc) is 3.50. The molecular weight excluding hydrogens is 607 g/mol. The van der Waals surface area contributed by atoms with E-state index in [1.807, 2.05) is 68.4 Å². The number of carbonyl (C=O) groups is 3. The van der Waals surface area contributed by atoms with Crippen molar-refractivity contribution in [3.63, 3.8) is 0 Å². The summed E-state index contributed by atoms with van der Waals surface area (Å²) < 4.78 is 37.2. The molecule has 1 saturated heterocycles. The van der Waals surface area contributed by atoms with Crippen molar-refractivity contribution >= 4 is 62.4 Å². The van der Waals surface area contributed by atoms with E-state index in [9.17, 15) is 22.8 Å². The van der Waals surface area contributed by atoms with E-state index in [2.05, 4.69) is 5.32 Å². The van der Waals surface area contributed by atoms with E-state index in [-0.39, 0.29) is 36.3 Å². The number of para-hydroxylation sites is 1. The van der Waals surface area contributed by atoms with Gasteiger partial charge >= 0.3 is 238 Å². The van der Waals surface area contributed by atoms with Crippen LogP contribution >= 0.6 is 0 Å². The minimum absolute atomic E-state index is 0.0170. The molecule has 0 bridgehead atoms. The number of hydrogen-bond acceptors (Lipinski definition) is 7. The molecule has 1 N–H and O–H groups in total. The van der Waals surface area contributed by atoms with E-state index in [1.165, 1.54) is 11.0 Å². The molecule has 0 saturated carbocycles. The third-order valence-electron chi connectivity index (χ3n) is 6.92. The van der Waals surface area contributed by atoms with Crippen LogP contribution in [0.5, 0.6) is 0 Å². The van der Waals surface area contributed by atoms with E-state index < -0.39 is 45.4 Å². The van der Waals surface area contributed by atoms with Crippen LogP contribution < -0.4 is 5.32 Å². The van der Waals surface area contributed by atoms with Crippen LogP contribution in [0.15, 0.2) is 82.1 Å². The number of likely N-dealkylation sites (tertiary alicyclic amines) is 1. The molecule has 0 aliphatic carbocycles. The first kappa shape index (κ1) is 28.9. The van der Waals surface area contributed by atoms with Crippen LogP contribution in [0, 0.1) is 5.92 Å². The number of amides is 2. The van der Waals surface area contributed by atoms with Gasteiger partial charge < -0.3 is 0 Å². The topological polar surface area (TPSA) is 123 Å². The van der Waals surface area contributed by atoms with Gasteiger partial charge in [-0.3, -0.25) is 0 Å². The van der Waals surface area contributed by atoms with E-state index in [4.69, 9.17) is 9.15 Å². The quantitative estimate of drug-likeness (QED) is 0.272. The van der Waals surface area contributed by atoms with Crippen molar-refractivity contribution in [2.24, 2.45) is 5.92 Å². The van der Waals surface area contributed by atoms with Crippen molar-refractivity contribution in [3.05, 3.63) is 78.4 Å². The summed E-state index contributed by atoms with van der Waals surface area (Å²) in [7, 11) is -3.72. The number of alkyl carbamates (subject to hydrolysis) is 1. The molecule has 3 atom stereocenters. The van der Waals surface area contributed by atoms with Crippen LogP contribution in [0.4, 0.5) is 4.79 Å². The predicted octanol–water partition coefficient (Wildman–Crippen LogP) is 4.25. The summed E-state index contributed by atoms with van der Waals surface area (Å²) in [6.07, 6.45) is -0.380. The summed E-state index contributed by atoms with van der Waals surface area (Å²) in [5.41, 5.74) is 2.07. The molecular formula is C30H31AsN2O7S. The van der Waals surface area contributed by atoms with E-state index in [0.29, 0.717) is 23.0 Å². The molecule has 4 aromatic rings. The number of ketones is 1. The van der Waals surface area contributed by atoms with Gasteiger partial charge in [0, 0.05) is 0 Å². The van der Waals surface area contributed by atoms with Crippen LogP contribution in [0.3, 0.4) is 0 Å². The molecule has 5 rings (SSSR count). The van der Waals surface area contributed by atoms with Crippen molar-refractivity contribution in [2.75, 3.05) is 13.1 Å². The normalized spacial score (nSPS) is 16.7. The molecule has 2 heterocycles. The molecule has 1 aromatic heterocycles. The Morgan fingerprint density at radius 1 is 1.02 bits per heavy atom. The summed E-state index contributed by atoms with van der Waals surface area (Å²) in [6, 6.07) is 20.5. The van der Waals surface area contributed by atoms with Crippen LogP contribution in [0.25, 0.3) is 21.9 Å². The zero-order chi connectivity index (χ0) is 29.1. The molecule has 214 valence electrons. The van der Waals surface area contributed by atoms with Crippen LogP contribution in [0.2, 0.25) is 4.71 Å². The zero-order valence-electron chi connectivity index (χ0n) is 22.7. The molecule has 1 fully saturated rings. The van der Waals surface area contributed by atoms with Crippen molar-refractivity contribution in [2.45, 2.75) is 42.5 Å². The van der Waals surface area contributed by atoms with Crippen LogP contribution in [-0.4, -0.2) is 64.8 Å². The number of ether oxygens (including phenoxy) is 1. The standard InChI is InChI=1S/C30H31AsN2O7S/c1-19(2)14-25(32-30(36)39-18-20-8-4-3-5-9-20)29(35)33-16-24(26(34)17-33)31-41(37,38)21-12-13-28-23(15-21)22-10-6-7-11-27(22)40-28/h3-13,15,19,24-25,31H,14,16-18H2,1-2H3,(H,32,36)/t24?,25-/m0/s1. The summed E-state index contributed by atoms with van der Waals surface area (Å²) in [4.78, 5) is 40.4. The second-order valence-electron chi connectivity index (χ2n) is 10.5.